The van der Waals surface area contributed by atoms with Crippen LogP contribution >= 0.6 is 11.6 Å². The second-order valence-corrected chi connectivity index (χ2v) is 6.75. The van der Waals surface area contributed by atoms with Gasteiger partial charge in [0.25, 0.3) is 0 Å². The minimum Gasteiger partial charge on any atom is -0.317 e. The van der Waals surface area contributed by atoms with Crippen molar-refractivity contribution in [2.75, 3.05) is 26.2 Å². The van der Waals surface area contributed by atoms with Gasteiger partial charge in [-0.3, -0.25) is 4.90 Å². The molecule has 0 saturated carbocycles. The highest BCUT2D eigenvalue weighted by Crippen LogP contribution is 2.39. The Bertz CT molecular complexity index is 497. The van der Waals surface area contributed by atoms with E-state index in [1.165, 1.54) is 25.3 Å². The molecule has 1 aromatic rings. The minimum absolute atomic E-state index is 0.174. The Kier molecular flexibility index (Phi) is 4.02. The van der Waals surface area contributed by atoms with Crippen molar-refractivity contribution < 1.29 is 4.39 Å². The lowest BCUT2D eigenvalue weighted by molar-refractivity contribution is 0.193. The molecule has 0 radical (unpaired) electrons. The molecule has 4 heteroatoms. The summed E-state index contributed by atoms with van der Waals surface area (Å²) in [4.78, 5) is 2.37. The van der Waals surface area contributed by atoms with E-state index in [9.17, 15) is 4.39 Å². The largest absolute Gasteiger partial charge is 0.317 e. The Hall–Kier alpha value is -0.640. The molecule has 3 rings (SSSR count). The SMILES string of the molecule is Cc1ccc(F)c(CN2CCC3(CCNCC3)C2)c1Cl. The molecule has 1 N–H and O–H groups in total. The highest BCUT2D eigenvalue weighted by molar-refractivity contribution is 6.32. The molecule has 0 bridgehead atoms. The van der Waals surface area contributed by atoms with E-state index in [1.807, 2.05) is 6.92 Å². The van der Waals surface area contributed by atoms with Crippen LogP contribution in [0.3, 0.4) is 0 Å². The number of benzene rings is 1. The third kappa shape index (κ3) is 2.72. The van der Waals surface area contributed by atoms with Crippen molar-refractivity contribution >= 4 is 11.6 Å². The van der Waals surface area contributed by atoms with Gasteiger partial charge in [-0.25, -0.2) is 4.39 Å². The van der Waals surface area contributed by atoms with E-state index in [0.717, 1.165) is 31.7 Å². The first kappa shape index (κ1) is 14.3. The van der Waals surface area contributed by atoms with E-state index < -0.39 is 0 Å². The van der Waals surface area contributed by atoms with Crippen LogP contribution in [0, 0.1) is 18.2 Å². The van der Waals surface area contributed by atoms with Gasteiger partial charge in [-0.05, 0) is 62.9 Å². The third-order valence-electron chi connectivity index (χ3n) is 4.94. The van der Waals surface area contributed by atoms with Crippen LogP contribution in [0.5, 0.6) is 0 Å². The summed E-state index contributed by atoms with van der Waals surface area (Å²) in [7, 11) is 0. The quantitative estimate of drug-likeness (QED) is 0.900. The number of aryl methyl sites for hydroxylation is 1. The Morgan fingerprint density at radius 2 is 2.05 bits per heavy atom. The van der Waals surface area contributed by atoms with E-state index in [0.29, 0.717) is 22.5 Å². The van der Waals surface area contributed by atoms with Crippen LogP contribution in [0.1, 0.15) is 30.4 Å². The van der Waals surface area contributed by atoms with Crippen molar-refractivity contribution in [3.8, 4) is 0 Å². The Morgan fingerprint density at radius 3 is 2.80 bits per heavy atom. The minimum atomic E-state index is -0.174. The molecule has 2 fully saturated rings. The summed E-state index contributed by atoms with van der Waals surface area (Å²) in [5.74, 6) is -0.174. The van der Waals surface area contributed by atoms with Crippen LogP contribution in [-0.2, 0) is 6.54 Å². The summed E-state index contributed by atoms with van der Waals surface area (Å²) in [5.41, 5.74) is 2.08. The van der Waals surface area contributed by atoms with E-state index in [4.69, 9.17) is 11.6 Å². The van der Waals surface area contributed by atoms with Crippen LogP contribution in [0.4, 0.5) is 4.39 Å². The maximum absolute atomic E-state index is 14.0. The molecular weight excluding hydrogens is 275 g/mol. The highest BCUT2D eigenvalue weighted by atomic mass is 35.5. The number of piperidine rings is 1. The lowest BCUT2D eigenvalue weighted by Gasteiger charge is -2.34. The first-order chi connectivity index (χ1) is 9.60. The molecule has 0 atom stereocenters. The molecule has 0 unspecified atom stereocenters. The summed E-state index contributed by atoms with van der Waals surface area (Å²) in [5, 5.41) is 4.02. The topological polar surface area (TPSA) is 15.3 Å². The molecule has 0 aliphatic carbocycles. The molecule has 110 valence electrons. The van der Waals surface area contributed by atoms with Gasteiger partial charge in [0.1, 0.15) is 5.82 Å². The summed E-state index contributed by atoms with van der Waals surface area (Å²) >= 11 is 6.28. The van der Waals surface area contributed by atoms with Gasteiger partial charge in [0, 0.05) is 18.7 Å². The number of halogens is 2. The number of likely N-dealkylation sites (tertiary alicyclic amines) is 1. The highest BCUT2D eigenvalue weighted by Gasteiger charge is 2.38. The summed E-state index contributed by atoms with van der Waals surface area (Å²) in [6.45, 7) is 6.95. The van der Waals surface area contributed by atoms with Crippen molar-refractivity contribution in [3.05, 3.63) is 34.1 Å². The van der Waals surface area contributed by atoms with Gasteiger partial charge in [0.05, 0.1) is 5.02 Å². The maximum atomic E-state index is 14.0. The standard InChI is InChI=1S/C16H22ClFN2/c1-12-2-3-14(18)13(15(12)17)10-20-9-6-16(11-20)4-7-19-8-5-16/h2-3,19H,4-11H2,1H3. The predicted octanol–water partition coefficient (Wildman–Crippen LogP) is 3.36. The monoisotopic (exact) mass is 296 g/mol. The average molecular weight is 297 g/mol. The lowest BCUT2D eigenvalue weighted by atomic mass is 9.78. The first-order valence-corrected chi connectivity index (χ1v) is 7.84. The zero-order chi connectivity index (χ0) is 14.2. The maximum Gasteiger partial charge on any atom is 0.129 e. The average Bonchev–Trinajstić information content (AvgIpc) is 2.83. The zero-order valence-corrected chi connectivity index (χ0v) is 12.8. The summed E-state index contributed by atoms with van der Waals surface area (Å²) in [6, 6.07) is 3.28. The van der Waals surface area contributed by atoms with Crippen LogP contribution < -0.4 is 5.32 Å². The van der Waals surface area contributed by atoms with Gasteiger partial charge in [-0.15, -0.1) is 0 Å². The van der Waals surface area contributed by atoms with Crippen molar-refractivity contribution in [2.45, 2.75) is 32.7 Å². The van der Waals surface area contributed by atoms with Crippen molar-refractivity contribution in [1.29, 1.82) is 0 Å². The molecule has 2 aliphatic rings. The second kappa shape index (κ2) is 5.63. The molecule has 2 nitrogen and oxygen atoms in total. The fraction of sp³-hybridized carbons (Fsp3) is 0.625. The predicted molar refractivity (Wildman–Crippen MR) is 80.6 cm³/mol. The molecule has 2 saturated heterocycles. The fourth-order valence-corrected chi connectivity index (χ4v) is 3.82. The fourth-order valence-electron chi connectivity index (χ4n) is 3.61. The van der Waals surface area contributed by atoms with Crippen LogP contribution in [-0.4, -0.2) is 31.1 Å². The molecule has 0 aromatic heterocycles. The van der Waals surface area contributed by atoms with Crippen LogP contribution in [0.2, 0.25) is 5.02 Å². The molecule has 20 heavy (non-hydrogen) atoms. The Morgan fingerprint density at radius 1 is 1.30 bits per heavy atom. The number of hydrogen-bond acceptors (Lipinski definition) is 2. The zero-order valence-electron chi connectivity index (χ0n) is 12.0. The van der Waals surface area contributed by atoms with Gasteiger partial charge >= 0.3 is 0 Å². The van der Waals surface area contributed by atoms with E-state index >= 15 is 0 Å². The van der Waals surface area contributed by atoms with Crippen molar-refractivity contribution in [2.24, 2.45) is 5.41 Å². The number of nitrogens with one attached hydrogen (secondary N) is 1. The van der Waals surface area contributed by atoms with Crippen molar-refractivity contribution in [3.63, 3.8) is 0 Å². The number of hydrogen-bond donors (Lipinski definition) is 1. The van der Waals surface area contributed by atoms with Crippen LogP contribution in [0.25, 0.3) is 0 Å². The molecule has 1 spiro atoms. The van der Waals surface area contributed by atoms with Gasteiger partial charge in [-0.1, -0.05) is 17.7 Å². The molecule has 2 aliphatic heterocycles. The summed E-state index contributed by atoms with van der Waals surface area (Å²) in [6.07, 6.45) is 3.72. The van der Waals surface area contributed by atoms with Gasteiger partial charge in [0.15, 0.2) is 0 Å². The first-order valence-electron chi connectivity index (χ1n) is 7.46. The molecular formula is C16H22ClFN2. The molecule has 2 heterocycles. The summed E-state index contributed by atoms with van der Waals surface area (Å²) < 4.78 is 14.0. The van der Waals surface area contributed by atoms with E-state index in [1.54, 1.807) is 6.07 Å². The Balaban J connectivity index is 1.72. The van der Waals surface area contributed by atoms with E-state index in [-0.39, 0.29) is 5.82 Å². The lowest BCUT2D eigenvalue weighted by Crippen LogP contribution is -2.38. The third-order valence-corrected chi connectivity index (χ3v) is 5.47. The van der Waals surface area contributed by atoms with Crippen LogP contribution in [0.15, 0.2) is 12.1 Å². The van der Waals surface area contributed by atoms with E-state index in [2.05, 4.69) is 10.2 Å². The smallest absolute Gasteiger partial charge is 0.129 e. The Labute approximate surface area is 125 Å². The number of rotatable bonds is 2. The second-order valence-electron chi connectivity index (χ2n) is 6.37. The van der Waals surface area contributed by atoms with Crippen molar-refractivity contribution in [1.82, 2.24) is 10.2 Å². The molecule has 1 aromatic carbocycles. The van der Waals surface area contributed by atoms with Gasteiger partial charge in [-0.2, -0.15) is 0 Å². The number of nitrogens with zero attached hydrogens (tertiary/aromatic N) is 1. The van der Waals surface area contributed by atoms with Gasteiger partial charge in [0.2, 0.25) is 0 Å². The van der Waals surface area contributed by atoms with Gasteiger partial charge < -0.3 is 5.32 Å². The molecule has 0 amide bonds. The normalized spacial score (nSPS) is 22.6.